The van der Waals surface area contributed by atoms with Crippen LogP contribution in [0.3, 0.4) is 0 Å². The lowest BCUT2D eigenvalue weighted by Crippen LogP contribution is -2.21. The van der Waals surface area contributed by atoms with Crippen molar-refractivity contribution in [2.24, 2.45) is 0 Å². The van der Waals surface area contributed by atoms with E-state index < -0.39 is 4.92 Å². The summed E-state index contributed by atoms with van der Waals surface area (Å²) in [6.45, 7) is 6.74. The zero-order valence-corrected chi connectivity index (χ0v) is 12.9. The summed E-state index contributed by atoms with van der Waals surface area (Å²) in [5, 5.41) is 18.4. The van der Waals surface area contributed by atoms with Crippen molar-refractivity contribution in [1.29, 1.82) is 0 Å². The molecule has 6 nitrogen and oxygen atoms in total. The fourth-order valence-corrected chi connectivity index (χ4v) is 1.97. The molecule has 0 atom stereocenters. The van der Waals surface area contributed by atoms with Gasteiger partial charge in [0, 0.05) is 30.1 Å². The Morgan fingerprint density at radius 2 is 2.14 bits per heavy atom. The molecule has 0 aliphatic carbocycles. The maximum atomic E-state index is 10.8. The molecule has 21 heavy (non-hydrogen) atoms. The van der Waals surface area contributed by atoms with Crippen LogP contribution in [0.4, 0.5) is 11.4 Å². The van der Waals surface area contributed by atoms with Gasteiger partial charge in [-0.05, 0) is 32.9 Å². The number of aromatic nitrogens is 2. The molecular formula is C14H17ClN4O2. The Kier molecular flexibility index (Phi) is 4.18. The molecular weight excluding hydrogens is 292 g/mol. The molecule has 0 aliphatic heterocycles. The van der Waals surface area contributed by atoms with Gasteiger partial charge in [-0.1, -0.05) is 11.6 Å². The fourth-order valence-electron chi connectivity index (χ4n) is 1.78. The van der Waals surface area contributed by atoms with Gasteiger partial charge in [0.25, 0.3) is 5.69 Å². The molecule has 0 amide bonds. The van der Waals surface area contributed by atoms with E-state index in [0.717, 1.165) is 5.56 Å². The number of anilines is 1. The van der Waals surface area contributed by atoms with Crippen LogP contribution in [-0.4, -0.2) is 14.7 Å². The Balaban J connectivity index is 2.08. The first kappa shape index (κ1) is 15.3. The smallest absolute Gasteiger partial charge is 0.289 e. The van der Waals surface area contributed by atoms with Gasteiger partial charge >= 0.3 is 0 Å². The zero-order valence-electron chi connectivity index (χ0n) is 12.1. The third kappa shape index (κ3) is 3.72. The third-order valence-corrected chi connectivity index (χ3v) is 3.28. The van der Waals surface area contributed by atoms with Crippen molar-refractivity contribution >= 4 is 23.0 Å². The fraction of sp³-hybridized carbons (Fsp3) is 0.357. The number of nitro benzene ring substituents is 1. The Morgan fingerprint density at radius 1 is 1.43 bits per heavy atom. The molecule has 112 valence electrons. The predicted octanol–water partition coefficient (Wildman–Crippen LogP) is 3.81. The quantitative estimate of drug-likeness (QED) is 0.688. The van der Waals surface area contributed by atoms with E-state index in [1.807, 2.05) is 10.9 Å². The Hall–Kier alpha value is -2.08. The van der Waals surface area contributed by atoms with Gasteiger partial charge in [-0.25, -0.2) is 0 Å². The molecule has 2 rings (SSSR count). The van der Waals surface area contributed by atoms with Crippen LogP contribution in [-0.2, 0) is 12.1 Å². The van der Waals surface area contributed by atoms with Crippen molar-refractivity contribution in [1.82, 2.24) is 9.78 Å². The summed E-state index contributed by atoms with van der Waals surface area (Å²) >= 11 is 5.78. The molecule has 1 aromatic heterocycles. The molecule has 0 saturated carbocycles. The topological polar surface area (TPSA) is 73.0 Å². The lowest BCUT2D eigenvalue weighted by atomic mass is 10.1. The maximum Gasteiger partial charge on any atom is 0.289 e. The maximum absolute atomic E-state index is 10.8. The van der Waals surface area contributed by atoms with Crippen LogP contribution in [0, 0.1) is 10.1 Å². The molecule has 0 fully saturated rings. The van der Waals surface area contributed by atoms with E-state index in [2.05, 4.69) is 31.2 Å². The average molecular weight is 309 g/mol. The van der Waals surface area contributed by atoms with Crippen LogP contribution in [0.2, 0.25) is 5.02 Å². The van der Waals surface area contributed by atoms with E-state index in [1.54, 1.807) is 12.3 Å². The molecule has 0 aliphatic rings. The molecule has 0 spiro atoms. The molecule has 1 aromatic carbocycles. The van der Waals surface area contributed by atoms with E-state index >= 15 is 0 Å². The molecule has 2 aromatic rings. The average Bonchev–Trinajstić information content (AvgIpc) is 2.86. The summed E-state index contributed by atoms with van der Waals surface area (Å²) in [6.07, 6.45) is 3.74. The summed E-state index contributed by atoms with van der Waals surface area (Å²) in [7, 11) is 0. The van der Waals surface area contributed by atoms with Gasteiger partial charge < -0.3 is 5.32 Å². The van der Waals surface area contributed by atoms with Crippen LogP contribution < -0.4 is 5.32 Å². The van der Waals surface area contributed by atoms with E-state index in [4.69, 9.17) is 11.6 Å². The molecule has 7 heteroatoms. The number of hydrogen-bond acceptors (Lipinski definition) is 4. The monoisotopic (exact) mass is 308 g/mol. The summed E-state index contributed by atoms with van der Waals surface area (Å²) in [5.74, 6) is 0. The molecule has 1 heterocycles. The van der Waals surface area contributed by atoms with Gasteiger partial charge in [0.05, 0.1) is 16.7 Å². The van der Waals surface area contributed by atoms with Gasteiger partial charge in [0.15, 0.2) is 0 Å². The number of benzene rings is 1. The highest BCUT2D eigenvalue weighted by atomic mass is 35.5. The number of halogens is 1. The molecule has 1 N–H and O–H groups in total. The lowest BCUT2D eigenvalue weighted by molar-refractivity contribution is -0.384. The van der Waals surface area contributed by atoms with Crippen molar-refractivity contribution in [2.75, 3.05) is 5.32 Å². The highest BCUT2D eigenvalue weighted by molar-refractivity contribution is 6.32. The van der Waals surface area contributed by atoms with Gasteiger partial charge in [-0.3, -0.25) is 14.8 Å². The van der Waals surface area contributed by atoms with E-state index in [0.29, 0.717) is 12.2 Å². The molecule has 0 saturated heterocycles. The minimum atomic E-state index is -0.495. The highest BCUT2D eigenvalue weighted by Crippen LogP contribution is 2.27. The Morgan fingerprint density at radius 3 is 2.71 bits per heavy atom. The molecule has 0 bridgehead atoms. The van der Waals surface area contributed by atoms with E-state index in [-0.39, 0.29) is 16.2 Å². The summed E-state index contributed by atoms with van der Waals surface area (Å²) in [6, 6.07) is 4.65. The van der Waals surface area contributed by atoms with Crippen LogP contribution in [0.5, 0.6) is 0 Å². The predicted molar refractivity (Wildman–Crippen MR) is 82.7 cm³/mol. The van der Waals surface area contributed by atoms with Crippen molar-refractivity contribution in [3.05, 3.63) is 51.3 Å². The summed E-state index contributed by atoms with van der Waals surface area (Å²) in [4.78, 5) is 10.3. The first-order valence-corrected chi connectivity index (χ1v) is 6.87. The first-order chi connectivity index (χ1) is 9.77. The van der Waals surface area contributed by atoms with Crippen LogP contribution in [0.15, 0.2) is 30.6 Å². The van der Waals surface area contributed by atoms with Crippen molar-refractivity contribution in [3.63, 3.8) is 0 Å². The number of nitro groups is 1. The minimum Gasteiger partial charge on any atom is -0.381 e. The largest absolute Gasteiger partial charge is 0.381 e. The number of nitrogens with one attached hydrogen (secondary N) is 1. The molecule has 0 unspecified atom stereocenters. The highest BCUT2D eigenvalue weighted by Gasteiger charge is 2.15. The second-order valence-electron chi connectivity index (χ2n) is 5.74. The van der Waals surface area contributed by atoms with Gasteiger partial charge in [0.1, 0.15) is 5.02 Å². The van der Waals surface area contributed by atoms with Crippen LogP contribution in [0.25, 0.3) is 0 Å². The third-order valence-electron chi connectivity index (χ3n) is 2.96. The second kappa shape index (κ2) is 5.73. The number of nitrogens with zero attached hydrogens (tertiary/aromatic N) is 3. The summed E-state index contributed by atoms with van der Waals surface area (Å²) < 4.78 is 1.88. The van der Waals surface area contributed by atoms with E-state index in [9.17, 15) is 10.1 Å². The van der Waals surface area contributed by atoms with Crippen molar-refractivity contribution < 1.29 is 4.92 Å². The van der Waals surface area contributed by atoms with Gasteiger partial charge in [0.2, 0.25) is 0 Å². The van der Waals surface area contributed by atoms with Crippen molar-refractivity contribution in [2.45, 2.75) is 32.9 Å². The number of hydrogen-bond donors (Lipinski definition) is 1. The Labute approximate surface area is 127 Å². The van der Waals surface area contributed by atoms with Crippen LogP contribution in [0.1, 0.15) is 26.3 Å². The lowest BCUT2D eigenvalue weighted by Gasteiger charge is -2.18. The van der Waals surface area contributed by atoms with Crippen LogP contribution >= 0.6 is 11.6 Å². The standard InChI is InChI=1S/C14H17ClN4O2/c1-14(2,3)18-9-10(8-17-18)7-16-11-4-5-12(15)13(6-11)19(20)21/h4-6,8-9,16H,7H2,1-3H3. The zero-order chi connectivity index (χ0) is 15.6. The molecule has 0 radical (unpaired) electrons. The minimum absolute atomic E-state index is 0.0721. The SMILES string of the molecule is CC(C)(C)n1cc(CNc2ccc(Cl)c([N+](=O)[O-])c2)cn1. The van der Waals surface area contributed by atoms with Gasteiger partial charge in [-0.15, -0.1) is 0 Å². The van der Waals surface area contributed by atoms with E-state index in [1.165, 1.54) is 12.1 Å². The summed E-state index contributed by atoms with van der Waals surface area (Å²) in [5.41, 5.74) is 1.47. The first-order valence-electron chi connectivity index (χ1n) is 6.49. The Bertz CT molecular complexity index is 661. The normalized spacial score (nSPS) is 11.4. The van der Waals surface area contributed by atoms with Crippen molar-refractivity contribution in [3.8, 4) is 0 Å². The second-order valence-corrected chi connectivity index (χ2v) is 6.15. The number of rotatable bonds is 4. The van der Waals surface area contributed by atoms with Gasteiger partial charge in [-0.2, -0.15) is 5.10 Å².